The first-order valence-corrected chi connectivity index (χ1v) is 8.51. The van der Waals surface area contributed by atoms with Crippen LogP contribution in [0.1, 0.15) is 22.6 Å². The Morgan fingerprint density at radius 1 is 1.32 bits per heavy atom. The Morgan fingerprint density at radius 2 is 2.08 bits per heavy atom. The van der Waals surface area contributed by atoms with E-state index in [4.69, 9.17) is 4.74 Å². The Kier molecular flexibility index (Phi) is 3.63. The number of rotatable bonds is 2. The van der Waals surface area contributed by atoms with Gasteiger partial charge in [-0.15, -0.1) is 0 Å². The standard InChI is InChI=1S/C19H21N3O3/c1-12-15(18(24)21-13(2)20-12)7-17(23)22-9-19(10-22)8-14-5-3-4-6-16(14)25-11-19/h3-6H,7-11H2,1-2H3,(H,20,21,24). The van der Waals surface area contributed by atoms with Gasteiger partial charge in [0.2, 0.25) is 5.91 Å². The van der Waals surface area contributed by atoms with Crippen LogP contribution in [0.4, 0.5) is 0 Å². The van der Waals surface area contributed by atoms with Crippen molar-refractivity contribution in [2.75, 3.05) is 19.7 Å². The largest absolute Gasteiger partial charge is 0.493 e. The first-order chi connectivity index (χ1) is 12.0. The first kappa shape index (κ1) is 15.9. The van der Waals surface area contributed by atoms with Gasteiger partial charge in [0.25, 0.3) is 5.56 Å². The molecule has 0 atom stereocenters. The van der Waals surface area contributed by atoms with Crippen molar-refractivity contribution in [2.45, 2.75) is 26.7 Å². The summed E-state index contributed by atoms with van der Waals surface area (Å²) in [4.78, 5) is 33.4. The molecule has 1 saturated heterocycles. The topological polar surface area (TPSA) is 75.3 Å². The van der Waals surface area contributed by atoms with Gasteiger partial charge < -0.3 is 14.6 Å². The van der Waals surface area contributed by atoms with E-state index in [1.807, 2.05) is 23.1 Å². The lowest BCUT2D eigenvalue weighted by molar-refractivity contribution is -0.145. The highest BCUT2D eigenvalue weighted by Gasteiger charge is 2.48. The number of aryl methyl sites for hydroxylation is 2. The van der Waals surface area contributed by atoms with E-state index in [0.29, 0.717) is 36.8 Å². The molecule has 0 saturated carbocycles. The second-order valence-corrected chi connectivity index (χ2v) is 7.22. The quantitative estimate of drug-likeness (QED) is 0.897. The van der Waals surface area contributed by atoms with Gasteiger partial charge in [-0.05, 0) is 31.9 Å². The van der Waals surface area contributed by atoms with E-state index >= 15 is 0 Å². The number of amides is 1. The maximum Gasteiger partial charge on any atom is 0.254 e. The molecule has 1 spiro atoms. The summed E-state index contributed by atoms with van der Waals surface area (Å²) in [5.41, 5.74) is 2.08. The number of hydrogen-bond donors (Lipinski definition) is 1. The Balaban J connectivity index is 1.43. The van der Waals surface area contributed by atoms with Crippen molar-refractivity contribution in [3.8, 4) is 5.75 Å². The number of nitrogens with zero attached hydrogens (tertiary/aromatic N) is 2. The van der Waals surface area contributed by atoms with Gasteiger partial charge >= 0.3 is 0 Å². The summed E-state index contributed by atoms with van der Waals surface area (Å²) in [5.74, 6) is 1.49. The third kappa shape index (κ3) is 2.81. The average molecular weight is 339 g/mol. The molecule has 6 heteroatoms. The lowest BCUT2D eigenvalue weighted by Gasteiger charge is -2.51. The predicted octanol–water partition coefficient (Wildman–Crippen LogP) is 1.39. The third-order valence-corrected chi connectivity index (χ3v) is 5.15. The summed E-state index contributed by atoms with van der Waals surface area (Å²) in [6, 6.07) is 8.07. The number of aromatic amines is 1. The smallest absolute Gasteiger partial charge is 0.254 e. The number of carbonyl (C=O) groups is 1. The molecular weight excluding hydrogens is 318 g/mol. The van der Waals surface area contributed by atoms with Gasteiger partial charge in [0, 0.05) is 29.8 Å². The summed E-state index contributed by atoms with van der Waals surface area (Å²) < 4.78 is 5.88. The highest BCUT2D eigenvalue weighted by molar-refractivity contribution is 5.80. The molecule has 2 aromatic rings. The van der Waals surface area contributed by atoms with Gasteiger partial charge in [0.05, 0.1) is 13.0 Å². The van der Waals surface area contributed by atoms with Crippen LogP contribution in [0.2, 0.25) is 0 Å². The predicted molar refractivity (Wildman–Crippen MR) is 92.7 cm³/mol. The lowest BCUT2D eigenvalue weighted by atomic mass is 9.74. The number of para-hydroxylation sites is 1. The summed E-state index contributed by atoms with van der Waals surface area (Å²) in [7, 11) is 0. The van der Waals surface area contributed by atoms with Gasteiger partial charge in [-0.25, -0.2) is 4.98 Å². The lowest BCUT2D eigenvalue weighted by Crippen LogP contribution is -2.63. The van der Waals surface area contributed by atoms with Crippen molar-refractivity contribution in [2.24, 2.45) is 5.41 Å². The van der Waals surface area contributed by atoms with Crippen molar-refractivity contribution >= 4 is 5.91 Å². The number of H-pyrrole nitrogens is 1. The van der Waals surface area contributed by atoms with E-state index in [9.17, 15) is 9.59 Å². The minimum atomic E-state index is -0.219. The van der Waals surface area contributed by atoms with Crippen molar-refractivity contribution in [1.29, 1.82) is 0 Å². The summed E-state index contributed by atoms with van der Waals surface area (Å²) in [6.45, 7) is 5.50. The van der Waals surface area contributed by atoms with E-state index in [2.05, 4.69) is 16.0 Å². The average Bonchev–Trinajstić information content (AvgIpc) is 2.55. The minimum absolute atomic E-state index is 0.0109. The number of fused-ring (bicyclic) bond motifs is 1. The highest BCUT2D eigenvalue weighted by Crippen LogP contribution is 2.41. The van der Waals surface area contributed by atoms with E-state index in [0.717, 1.165) is 12.2 Å². The van der Waals surface area contributed by atoms with Crippen LogP contribution in [0.15, 0.2) is 29.1 Å². The molecule has 1 aromatic heterocycles. The Hall–Kier alpha value is -2.63. The Bertz CT molecular complexity index is 897. The van der Waals surface area contributed by atoms with Crippen molar-refractivity contribution in [1.82, 2.24) is 14.9 Å². The molecule has 2 aliphatic heterocycles. The van der Waals surface area contributed by atoms with Gasteiger partial charge in [0.1, 0.15) is 11.6 Å². The third-order valence-electron chi connectivity index (χ3n) is 5.15. The van der Waals surface area contributed by atoms with Gasteiger partial charge in [-0.2, -0.15) is 0 Å². The molecule has 1 amide bonds. The van der Waals surface area contributed by atoms with Crippen LogP contribution >= 0.6 is 0 Å². The van der Waals surface area contributed by atoms with Gasteiger partial charge in [-0.3, -0.25) is 9.59 Å². The summed E-state index contributed by atoms with van der Waals surface area (Å²) >= 11 is 0. The number of benzene rings is 1. The van der Waals surface area contributed by atoms with E-state index in [1.165, 1.54) is 5.56 Å². The molecule has 3 heterocycles. The molecule has 0 aliphatic carbocycles. The van der Waals surface area contributed by atoms with Crippen LogP contribution in [-0.2, 0) is 17.6 Å². The zero-order valence-electron chi connectivity index (χ0n) is 14.5. The number of carbonyl (C=O) groups excluding carboxylic acids is 1. The maximum absolute atomic E-state index is 12.6. The van der Waals surface area contributed by atoms with Crippen LogP contribution in [0, 0.1) is 19.3 Å². The molecule has 130 valence electrons. The first-order valence-electron chi connectivity index (χ1n) is 8.51. The van der Waals surface area contributed by atoms with E-state index in [-0.39, 0.29) is 23.3 Å². The van der Waals surface area contributed by atoms with Crippen molar-refractivity contribution in [3.05, 3.63) is 57.3 Å². The zero-order chi connectivity index (χ0) is 17.6. The van der Waals surface area contributed by atoms with E-state index in [1.54, 1.807) is 13.8 Å². The van der Waals surface area contributed by atoms with Crippen LogP contribution in [0.5, 0.6) is 5.75 Å². The molecule has 4 rings (SSSR count). The fourth-order valence-electron chi connectivity index (χ4n) is 3.84. The fourth-order valence-corrected chi connectivity index (χ4v) is 3.84. The number of ether oxygens (including phenoxy) is 1. The molecule has 6 nitrogen and oxygen atoms in total. The number of likely N-dealkylation sites (tertiary alicyclic amines) is 1. The maximum atomic E-state index is 12.6. The monoisotopic (exact) mass is 339 g/mol. The molecular formula is C19H21N3O3. The minimum Gasteiger partial charge on any atom is -0.493 e. The highest BCUT2D eigenvalue weighted by atomic mass is 16.5. The molecule has 1 fully saturated rings. The van der Waals surface area contributed by atoms with Crippen LogP contribution in [-0.4, -0.2) is 40.5 Å². The molecule has 0 unspecified atom stereocenters. The molecule has 25 heavy (non-hydrogen) atoms. The molecule has 2 aliphatic rings. The summed E-state index contributed by atoms with van der Waals surface area (Å²) in [5, 5.41) is 0. The summed E-state index contributed by atoms with van der Waals surface area (Å²) in [6.07, 6.45) is 1.03. The molecule has 1 N–H and O–H groups in total. The van der Waals surface area contributed by atoms with Gasteiger partial charge in [-0.1, -0.05) is 18.2 Å². The zero-order valence-corrected chi connectivity index (χ0v) is 14.5. The fraction of sp³-hybridized carbons (Fsp3) is 0.421. The molecule has 0 radical (unpaired) electrons. The SMILES string of the molecule is Cc1nc(C)c(CC(=O)N2CC3(COc4ccccc4C3)C2)c(=O)[nH]1. The second-order valence-electron chi connectivity index (χ2n) is 7.22. The van der Waals surface area contributed by atoms with Crippen molar-refractivity contribution < 1.29 is 9.53 Å². The van der Waals surface area contributed by atoms with Crippen molar-refractivity contribution in [3.63, 3.8) is 0 Å². The van der Waals surface area contributed by atoms with Gasteiger partial charge in [0.15, 0.2) is 0 Å². The molecule has 0 bridgehead atoms. The number of hydrogen-bond acceptors (Lipinski definition) is 4. The normalized spacial score (nSPS) is 17.6. The van der Waals surface area contributed by atoms with Crippen LogP contribution in [0.25, 0.3) is 0 Å². The second kappa shape index (κ2) is 5.72. The van der Waals surface area contributed by atoms with Crippen LogP contribution < -0.4 is 10.3 Å². The van der Waals surface area contributed by atoms with Crippen LogP contribution in [0.3, 0.4) is 0 Å². The Labute approximate surface area is 145 Å². The number of aromatic nitrogens is 2. The number of nitrogens with one attached hydrogen (secondary N) is 1. The molecule has 1 aromatic carbocycles. The van der Waals surface area contributed by atoms with E-state index < -0.39 is 0 Å². The Morgan fingerprint density at radius 3 is 2.84 bits per heavy atom.